The zero-order valence-electron chi connectivity index (χ0n) is 22.9. The Hall–Kier alpha value is -3.76. The van der Waals surface area contributed by atoms with E-state index in [0.29, 0.717) is 47.2 Å². The monoisotopic (exact) mass is 533 g/mol. The Morgan fingerprint density at radius 3 is 2.31 bits per heavy atom. The van der Waals surface area contributed by atoms with Gasteiger partial charge in [0.25, 0.3) is 0 Å². The molecule has 0 radical (unpaired) electrons. The summed E-state index contributed by atoms with van der Waals surface area (Å²) in [5.74, 6) is 1.71. The molecule has 1 aliphatic heterocycles. The summed E-state index contributed by atoms with van der Waals surface area (Å²) < 4.78 is 21.8. The van der Waals surface area contributed by atoms with E-state index in [2.05, 4.69) is 12.6 Å². The molecule has 0 aromatic heterocycles. The molecule has 7 nitrogen and oxygen atoms in total. The molecule has 0 amide bonds. The summed E-state index contributed by atoms with van der Waals surface area (Å²) in [4.78, 5) is 11.3. The SMILES string of the molecule is C=C(C)C(=O)OCCCCCCCCCCCOc1ccc(/C(C#N)=C/c2ccc3c(c2)OCO3)cc1CO. The fourth-order valence-corrected chi connectivity index (χ4v) is 4.27. The highest BCUT2D eigenvalue weighted by atomic mass is 16.7. The number of carbonyl (C=O) groups is 1. The second-order valence-electron chi connectivity index (χ2n) is 9.71. The second-order valence-corrected chi connectivity index (χ2v) is 9.71. The van der Waals surface area contributed by atoms with Crippen molar-refractivity contribution >= 4 is 17.6 Å². The van der Waals surface area contributed by atoms with Gasteiger partial charge in [-0.25, -0.2) is 4.79 Å². The van der Waals surface area contributed by atoms with Crippen LogP contribution in [0.5, 0.6) is 17.2 Å². The van der Waals surface area contributed by atoms with Gasteiger partial charge in [-0.15, -0.1) is 0 Å². The number of carbonyl (C=O) groups excluding carboxylic acids is 1. The van der Waals surface area contributed by atoms with Gasteiger partial charge in [-0.05, 0) is 67.3 Å². The molecule has 0 atom stereocenters. The summed E-state index contributed by atoms with van der Waals surface area (Å²) >= 11 is 0. The summed E-state index contributed by atoms with van der Waals surface area (Å²) in [6, 6.07) is 13.3. The number of fused-ring (bicyclic) bond motifs is 1. The van der Waals surface area contributed by atoms with Crippen molar-refractivity contribution in [2.75, 3.05) is 20.0 Å². The van der Waals surface area contributed by atoms with E-state index in [4.69, 9.17) is 18.9 Å². The van der Waals surface area contributed by atoms with Crippen LogP contribution < -0.4 is 14.2 Å². The number of nitriles is 1. The maximum Gasteiger partial charge on any atom is 0.333 e. The zero-order chi connectivity index (χ0) is 27.9. The summed E-state index contributed by atoms with van der Waals surface area (Å²) in [5, 5.41) is 19.6. The Kier molecular flexibility index (Phi) is 12.4. The molecule has 2 aromatic carbocycles. The highest BCUT2D eigenvalue weighted by molar-refractivity contribution is 5.90. The van der Waals surface area contributed by atoms with E-state index in [1.54, 1.807) is 13.0 Å². The van der Waals surface area contributed by atoms with Crippen LogP contribution in [0.1, 0.15) is 81.4 Å². The van der Waals surface area contributed by atoms with Crippen molar-refractivity contribution in [1.29, 1.82) is 5.26 Å². The lowest BCUT2D eigenvalue weighted by molar-refractivity contribution is -0.139. The Morgan fingerprint density at radius 2 is 1.64 bits per heavy atom. The van der Waals surface area contributed by atoms with Crippen molar-refractivity contribution in [3.8, 4) is 23.3 Å². The smallest absolute Gasteiger partial charge is 0.333 e. The first kappa shape index (κ1) is 29.8. The molecule has 0 bridgehead atoms. The maximum atomic E-state index is 11.3. The van der Waals surface area contributed by atoms with Crippen LogP contribution in [-0.4, -0.2) is 31.1 Å². The normalized spacial score (nSPS) is 12.2. The number of benzene rings is 2. The molecule has 1 N–H and O–H groups in total. The Labute approximate surface area is 231 Å². The van der Waals surface area contributed by atoms with Gasteiger partial charge < -0.3 is 24.1 Å². The van der Waals surface area contributed by atoms with Gasteiger partial charge in [0.2, 0.25) is 6.79 Å². The number of esters is 1. The third kappa shape index (κ3) is 9.81. The average molecular weight is 534 g/mol. The zero-order valence-corrected chi connectivity index (χ0v) is 22.9. The van der Waals surface area contributed by atoms with Gasteiger partial charge in [0, 0.05) is 11.1 Å². The van der Waals surface area contributed by atoms with Gasteiger partial charge in [0.05, 0.1) is 31.5 Å². The van der Waals surface area contributed by atoms with Crippen molar-refractivity contribution in [2.24, 2.45) is 0 Å². The molecule has 2 aromatic rings. The van der Waals surface area contributed by atoms with E-state index >= 15 is 0 Å². The second kappa shape index (κ2) is 16.3. The number of allylic oxidation sites excluding steroid dienone is 1. The first-order chi connectivity index (χ1) is 19.0. The molecular formula is C32H39NO6. The van der Waals surface area contributed by atoms with Crippen molar-refractivity contribution in [3.63, 3.8) is 0 Å². The third-order valence-electron chi connectivity index (χ3n) is 6.50. The molecule has 0 spiro atoms. The molecule has 208 valence electrons. The molecule has 0 saturated heterocycles. The predicted molar refractivity (Wildman–Crippen MR) is 151 cm³/mol. The molecule has 39 heavy (non-hydrogen) atoms. The number of hydrogen-bond donors (Lipinski definition) is 1. The van der Waals surface area contributed by atoms with Gasteiger partial charge >= 0.3 is 5.97 Å². The van der Waals surface area contributed by atoms with Crippen LogP contribution >= 0.6 is 0 Å². The van der Waals surface area contributed by atoms with Gasteiger partial charge in [-0.1, -0.05) is 57.6 Å². The number of aliphatic hydroxyl groups is 1. The lowest BCUT2D eigenvalue weighted by Gasteiger charge is -2.12. The number of ether oxygens (including phenoxy) is 4. The van der Waals surface area contributed by atoms with Gasteiger partial charge in [-0.3, -0.25) is 0 Å². The van der Waals surface area contributed by atoms with E-state index in [-0.39, 0.29) is 19.4 Å². The first-order valence-corrected chi connectivity index (χ1v) is 13.7. The summed E-state index contributed by atoms with van der Waals surface area (Å²) in [6.07, 6.45) is 11.8. The van der Waals surface area contributed by atoms with E-state index in [1.807, 2.05) is 36.4 Å². The van der Waals surface area contributed by atoms with E-state index in [9.17, 15) is 15.2 Å². The maximum absolute atomic E-state index is 11.3. The predicted octanol–water partition coefficient (Wildman–Crippen LogP) is 6.98. The Morgan fingerprint density at radius 1 is 0.974 bits per heavy atom. The standard InChI is InChI=1S/C32H39NO6/c1-24(2)32(35)37-17-11-9-7-5-3-4-6-8-10-16-36-29-15-13-26(20-28(29)22-34)27(21-33)18-25-12-14-30-31(19-25)39-23-38-30/h12-15,18-20,34H,1,3-11,16-17,22-23H2,2H3/b27-18+. The lowest BCUT2D eigenvalue weighted by atomic mass is 10.0. The highest BCUT2D eigenvalue weighted by Gasteiger charge is 2.14. The van der Waals surface area contributed by atoms with Gasteiger partial charge in [0.1, 0.15) is 5.75 Å². The molecule has 0 fully saturated rings. The van der Waals surface area contributed by atoms with Crippen LogP contribution in [0.3, 0.4) is 0 Å². The molecular weight excluding hydrogens is 494 g/mol. The van der Waals surface area contributed by atoms with Crippen LogP contribution in [0, 0.1) is 11.3 Å². The van der Waals surface area contributed by atoms with Crippen molar-refractivity contribution < 1.29 is 28.8 Å². The van der Waals surface area contributed by atoms with Crippen molar-refractivity contribution in [3.05, 3.63) is 65.2 Å². The van der Waals surface area contributed by atoms with Crippen LogP contribution in [-0.2, 0) is 16.1 Å². The van der Waals surface area contributed by atoms with Gasteiger partial charge in [0.15, 0.2) is 11.5 Å². The fourth-order valence-electron chi connectivity index (χ4n) is 4.27. The first-order valence-electron chi connectivity index (χ1n) is 13.7. The summed E-state index contributed by atoms with van der Waals surface area (Å²) in [6.45, 7) is 6.34. The van der Waals surface area contributed by atoms with E-state index in [0.717, 1.165) is 43.2 Å². The van der Waals surface area contributed by atoms with Crippen molar-refractivity contribution in [2.45, 2.75) is 71.3 Å². The number of nitrogens with zero attached hydrogens (tertiary/aromatic N) is 1. The third-order valence-corrected chi connectivity index (χ3v) is 6.50. The Balaban J connectivity index is 1.33. The fraction of sp³-hybridized carbons (Fsp3) is 0.438. The number of aliphatic hydroxyl groups excluding tert-OH is 1. The number of unbranched alkanes of at least 4 members (excludes halogenated alkanes) is 8. The molecule has 3 rings (SSSR count). The lowest BCUT2D eigenvalue weighted by Crippen LogP contribution is -2.05. The molecule has 0 saturated carbocycles. The molecule has 0 aliphatic carbocycles. The minimum Gasteiger partial charge on any atom is -0.493 e. The minimum absolute atomic E-state index is 0.164. The minimum atomic E-state index is -0.303. The van der Waals surface area contributed by atoms with Crippen LogP contribution in [0.25, 0.3) is 11.6 Å². The highest BCUT2D eigenvalue weighted by Crippen LogP contribution is 2.34. The number of hydrogen-bond acceptors (Lipinski definition) is 7. The quantitative estimate of drug-likeness (QED) is 0.0770. The molecule has 1 heterocycles. The molecule has 7 heteroatoms. The van der Waals surface area contributed by atoms with Crippen molar-refractivity contribution in [1.82, 2.24) is 0 Å². The largest absolute Gasteiger partial charge is 0.493 e. The van der Waals surface area contributed by atoms with Crippen LogP contribution in [0.15, 0.2) is 48.6 Å². The van der Waals surface area contributed by atoms with E-state index in [1.165, 1.54) is 25.7 Å². The van der Waals surface area contributed by atoms with Gasteiger partial charge in [-0.2, -0.15) is 5.26 Å². The summed E-state index contributed by atoms with van der Waals surface area (Å²) in [7, 11) is 0. The molecule has 1 aliphatic rings. The van der Waals surface area contributed by atoms with E-state index < -0.39 is 0 Å². The average Bonchev–Trinajstić information content (AvgIpc) is 3.42. The molecule has 0 unspecified atom stereocenters. The Bertz CT molecular complexity index is 1180. The topological polar surface area (TPSA) is 98.0 Å². The summed E-state index contributed by atoms with van der Waals surface area (Å²) in [5.41, 5.74) is 3.15. The van der Waals surface area contributed by atoms with Crippen LogP contribution in [0.4, 0.5) is 0 Å². The number of rotatable bonds is 17. The van der Waals surface area contributed by atoms with Crippen LogP contribution in [0.2, 0.25) is 0 Å².